The molecule has 0 unspecified atom stereocenters. The smallest absolute Gasteiger partial charge is 0.405 e. The third kappa shape index (κ3) is 4.23. The lowest BCUT2D eigenvalue weighted by Crippen LogP contribution is -2.67. The predicted molar refractivity (Wildman–Crippen MR) is 114 cm³/mol. The van der Waals surface area contributed by atoms with Crippen LogP contribution in [-0.4, -0.2) is 48.4 Å². The van der Waals surface area contributed by atoms with Crippen molar-refractivity contribution in [1.29, 1.82) is 0 Å². The van der Waals surface area contributed by atoms with Crippen molar-refractivity contribution in [2.75, 3.05) is 18.5 Å². The molecule has 1 aromatic rings. The molecule has 176 valence electrons. The van der Waals surface area contributed by atoms with Crippen molar-refractivity contribution >= 4 is 23.6 Å². The number of nitrogens with one attached hydrogen (secondary N) is 2. The molecule has 3 rings (SSSR count). The van der Waals surface area contributed by atoms with Gasteiger partial charge in [-0.25, -0.2) is 9.18 Å². The van der Waals surface area contributed by atoms with Crippen LogP contribution in [0.1, 0.15) is 47.0 Å². The Labute approximate surface area is 186 Å². The van der Waals surface area contributed by atoms with Gasteiger partial charge in [0.25, 0.3) is 11.8 Å². The van der Waals surface area contributed by atoms with Crippen molar-refractivity contribution in [3.63, 3.8) is 0 Å². The summed E-state index contributed by atoms with van der Waals surface area (Å²) in [6, 6.07) is 2.65. The van der Waals surface area contributed by atoms with Crippen molar-refractivity contribution in [3.8, 4) is 5.75 Å². The first-order valence-electron chi connectivity index (χ1n) is 10.6. The highest BCUT2D eigenvalue weighted by molar-refractivity contribution is 6.01. The van der Waals surface area contributed by atoms with Crippen molar-refractivity contribution in [2.24, 2.45) is 11.1 Å². The predicted octanol–water partition coefficient (Wildman–Crippen LogP) is 2.48. The van der Waals surface area contributed by atoms with Crippen LogP contribution in [0.2, 0.25) is 0 Å². The highest BCUT2D eigenvalue weighted by Crippen LogP contribution is 2.41. The van der Waals surface area contributed by atoms with E-state index in [2.05, 4.69) is 10.6 Å². The maximum Gasteiger partial charge on any atom is 0.405 e. The average molecular weight is 451 g/mol. The van der Waals surface area contributed by atoms with E-state index in [1.807, 2.05) is 0 Å². The molecule has 9 nitrogen and oxygen atoms in total. The summed E-state index contributed by atoms with van der Waals surface area (Å²) in [6.45, 7) is 7.50. The second kappa shape index (κ2) is 8.57. The zero-order valence-electron chi connectivity index (χ0n) is 18.7. The number of amides is 3. The maximum absolute atomic E-state index is 13.9. The Balaban J connectivity index is 2.03. The summed E-state index contributed by atoms with van der Waals surface area (Å²) < 4.78 is 30.9. The number of nitrogens with two attached hydrogens (primary N) is 1. The molecule has 0 saturated carbocycles. The van der Waals surface area contributed by atoms with Gasteiger partial charge in [-0.1, -0.05) is 27.7 Å². The third-order valence-electron chi connectivity index (χ3n) is 6.27. The standard InChI is InChI=1S/C22H30FN3O6/c1-5-22(20(2,3)4,32-19(24)29)18(28)26-16-17(27)25-14-7-6-13(23)12-15(14)31-21(16)8-10-30-11-9-21/h6-7,12,16H,5,8-11H2,1-4H3,(H2,24,29)(H,25,27)(H,26,28)/t16-,22-/m1/s1. The van der Waals surface area contributed by atoms with Gasteiger partial charge in [-0.05, 0) is 18.6 Å². The highest BCUT2D eigenvalue weighted by atomic mass is 19.1. The molecule has 3 amide bonds. The molecule has 4 N–H and O–H groups in total. The van der Waals surface area contributed by atoms with Crippen molar-refractivity contribution in [2.45, 2.75) is 64.2 Å². The Morgan fingerprint density at radius 1 is 1.31 bits per heavy atom. The number of fused-ring (bicyclic) bond motifs is 1. The quantitative estimate of drug-likeness (QED) is 0.645. The van der Waals surface area contributed by atoms with Gasteiger partial charge in [0, 0.05) is 24.3 Å². The van der Waals surface area contributed by atoms with E-state index in [1.165, 1.54) is 18.2 Å². The summed E-state index contributed by atoms with van der Waals surface area (Å²) in [5.74, 6) is -1.54. The van der Waals surface area contributed by atoms with Crippen LogP contribution in [-0.2, 0) is 19.1 Å². The molecule has 0 radical (unpaired) electrons. The number of carbonyl (C=O) groups excluding carboxylic acids is 3. The lowest BCUT2D eigenvalue weighted by molar-refractivity contribution is -0.158. The van der Waals surface area contributed by atoms with Gasteiger partial charge in [-0.3, -0.25) is 9.59 Å². The average Bonchev–Trinajstić information content (AvgIpc) is 2.80. The van der Waals surface area contributed by atoms with Crippen LogP contribution in [0.5, 0.6) is 5.75 Å². The first-order chi connectivity index (χ1) is 14.9. The number of carbonyl (C=O) groups is 3. The molecule has 2 atom stereocenters. The maximum atomic E-state index is 13.9. The van der Waals surface area contributed by atoms with Crippen LogP contribution in [0.3, 0.4) is 0 Å². The van der Waals surface area contributed by atoms with E-state index in [1.54, 1.807) is 27.7 Å². The minimum atomic E-state index is -1.63. The summed E-state index contributed by atoms with van der Waals surface area (Å²) in [4.78, 5) is 38.5. The number of primary amides is 1. The Morgan fingerprint density at radius 2 is 1.97 bits per heavy atom. The molecule has 0 aromatic heterocycles. The lowest BCUT2D eigenvalue weighted by atomic mass is 9.73. The number of hydrogen-bond donors (Lipinski definition) is 3. The van der Waals surface area contributed by atoms with E-state index in [0.717, 1.165) is 0 Å². The fourth-order valence-electron chi connectivity index (χ4n) is 4.43. The Kier molecular flexibility index (Phi) is 6.37. The number of ether oxygens (including phenoxy) is 3. The summed E-state index contributed by atoms with van der Waals surface area (Å²) in [7, 11) is 0. The largest absolute Gasteiger partial charge is 0.482 e. The van der Waals surface area contributed by atoms with Crippen LogP contribution in [0.25, 0.3) is 0 Å². The van der Waals surface area contributed by atoms with E-state index >= 15 is 0 Å². The third-order valence-corrected chi connectivity index (χ3v) is 6.27. The van der Waals surface area contributed by atoms with Gasteiger partial charge in [-0.2, -0.15) is 0 Å². The second-order valence-electron chi connectivity index (χ2n) is 9.17. The normalized spacial score (nSPS) is 21.9. The molecule has 1 aromatic carbocycles. The molecular weight excluding hydrogens is 421 g/mol. The van der Waals surface area contributed by atoms with Gasteiger partial charge in [0.1, 0.15) is 23.2 Å². The molecule has 2 aliphatic rings. The monoisotopic (exact) mass is 451 g/mol. The van der Waals surface area contributed by atoms with Crippen LogP contribution >= 0.6 is 0 Å². The fraction of sp³-hybridized carbons (Fsp3) is 0.591. The molecule has 0 aliphatic carbocycles. The minimum Gasteiger partial charge on any atom is -0.482 e. The number of benzene rings is 1. The fourth-order valence-corrected chi connectivity index (χ4v) is 4.43. The number of halogens is 1. The topological polar surface area (TPSA) is 129 Å². The van der Waals surface area contributed by atoms with Gasteiger partial charge in [-0.15, -0.1) is 0 Å². The first-order valence-corrected chi connectivity index (χ1v) is 10.6. The van der Waals surface area contributed by atoms with E-state index in [0.29, 0.717) is 18.9 Å². The molecular formula is C22H30FN3O6. The summed E-state index contributed by atoms with van der Waals surface area (Å²) >= 11 is 0. The lowest BCUT2D eigenvalue weighted by Gasteiger charge is -2.45. The molecule has 1 fully saturated rings. The van der Waals surface area contributed by atoms with Crippen LogP contribution in [0.4, 0.5) is 14.9 Å². The van der Waals surface area contributed by atoms with E-state index in [4.69, 9.17) is 19.9 Å². The van der Waals surface area contributed by atoms with Crippen molar-refractivity contribution in [1.82, 2.24) is 5.32 Å². The molecule has 2 heterocycles. The van der Waals surface area contributed by atoms with E-state index < -0.39 is 46.4 Å². The van der Waals surface area contributed by atoms with Crippen LogP contribution in [0, 0.1) is 11.2 Å². The van der Waals surface area contributed by atoms with Gasteiger partial charge in [0.2, 0.25) is 0 Å². The van der Waals surface area contributed by atoms with E-state index in [-0.39, 0.29) is 25.0 Å². The van der Waals surface area contributed by atoms with Gasteiger partial charge in [0.15, 0.2) is 5.60 Å². The van der Waals surface area contributed by atoms with Crippen LogP contribution < -0.4 is 21.1 Å². The van der Waals surface area contributed by atoms with Crippen molar-refractivity contribution in [3.05, 3.63) is 24.0 Å². The minimum absolute atomic E-state index is 0.127. The SMILES string of the molecule is CC[C@@](OC(N)=O)(C(=O)N[C@@H]1C(=O)Nc2ccc(F)cc2OC12CCOCC2)C(C)(C)C. The molecule has 32 heavy (non-hydrogen) atoms. The number of anilines is 1. The Hall–Kier alpha value is -2.88. The Bertz CT molecular complexity index is 909. The zero-order valence-corrected chi connectivity index (χ0v) is 18.7. The summed E-state index contributed by atoms with van der Waals surface area (Å²) in [5, 5.41) is 5.47. The highest BCUT2D eigenvalue weighted by Gasteiger charge is 2.55. The van der Waals surface area contributed by atoms with Crippen molar-refractivity contribution < 1.29 is 33.0 Å². The summed E-state index contributed by atoms with van der Waals surface area (Å²) in [6.07, 6.45) is -0.399. The molecule has 1 saturated heterocycles. The summed E-state index contributed by atoms with van der Waals surface area (Å²) in [5.41, 5.74) is 1.94. The molecule has 2 aliphatic heterocycles. The molecule has 10 heteroatoms. The van der Waals surface area contributed by atoms with E-state index in [9.17, 15) is 18.8 Å². The first kappa shape index (κ1) is 23.8. The molecule has 0 bridgehead atoms. The second-order valence-corrected chi connectivity index (χ2v) is 9.17. The van der Waals surface area contributed by atoms with Gasteiger partial charge < -0.3 is 30.6 Å². The van der Waals surface area contributed by atoms with Gasteiger partial charge in [0.05, 0.1) is 18.9 Å². The van der Waals surface area contributed by atoms with Gasteiger partial charge >= 0.3 is 6.09 Å². The number of rotatable bonds is 4. The van der Waals surface area contributed by atoms with Crippen LogP contribution in [0.15, 0.2) is 18.2 Å². The molecule has 1 spiro atoms. The Morgan fingerprint density at radius 3 is 2.53 bits per heavy atom. The zero-order chi connectivity index (χ0) is 23.7. The number of hydrogen-bond acceptors (Lipinski definition) is 6.